The van der Waals surface area contributed by atoms with Crippen molar-refractivity contribution in [3.63, 3.8) is 0 Å². The van der Waals surface area contributed by atoms with Crippen LogP contribution in [0.4, 0.5) is 4.39 Å². The first-order chi connectivity index (χ1) is 8.11. The van der Waals surface area contributed by atoms with Crippen LogP contribution in [0, 0.1) is 5.82 Å². The maximum absolute atomic E-state index is 12.9. The minimum Gasteiger partial charge on any atom is -0.328 e. The molecule has 17 heavy (non-hydrogen) atoms. The Morgan fingerprint density at radius 2 is 1.94 bits per heavy atom. The van der Waals surface area contributed by atoms with Crippen molar-refractivity contribution in [2.45, 2.75) is 26.4 Å². The summed E-state index contributed by atoms with van der Waals surface area (Å²) in [5.41, 5.74) is 7.35. The van der Waals surface area contributed by atoms with Crippen LogP contribution in [0.5, 0.6) is 0 Å². The first-order valence-electron chi connectivity index (χ1n) is 5.65. The molecule has 0 amide bonds. The molecule has 0 aliphatic rings. The third kappa shape index (κ3) is 2.36. The Labute approximate surface area is 100 Å². The van der Waals surface area contributed by atoms with E-state index in [1.165, 1.54) is 12.1 Å². The maximum atomic E-state index is 12.9. The van der Waals surface area contributed by atoms with Gasteiger partial charge in [-0.25, -0.2) is 9.37 Å². The molecule has 0 radical (unpaired) electrons. The fraction of sp³-hybridized carbons (Fsp3) is 0.308. The summed E-state index contributed by atoms with van der Waals surface area (Å²) < 4.78 is 14.9. The zero-order chi connectivity index (χ0) is 12.4. The van der Waals surface area contributed by atoms with E-state index >= 15 is 0 Å². The standard InChI is InChI=1S/C13H16FN3/c1-9(2)17-8-12(7-15)16-13(17)10-3-5-11(14)6-4-10/h3-6,8-9H,7,15H2,1-2H3. The molecule has 1 aromatic carbocycles. The van der Waals surface area contributed by atoms with Gasteiger partial charge >= 0.3 is 0 Å². The lowest BCUT2D eigenvalue weighted by Crippen LogP contribution is -2.01. The van der Waals surface area contributed by atoms with Gasteiger partial charge in [-0.05, 0) is 38.1 Å². The van der Waals surface area contributed by atoms with Crippen molar-refractivity contribution in [1.82, 2.24) is 9.55 Å². The summed E-state index contributed by atoms with van der Waals surface area (Å²) in [5, 5.41) is 0. The predicted molar refractivity (Wildman–Crippen MR) is 65.9 cm³/mol. The van der Waals surface area contributed by atoms with Crippen LogP contribution in [-0.4, -0.2) is 9.55 Å². The molecule has 4 heteroatoms. The molecule has 0 aliphatic heterocycles. The van der Waals surface area contributed by atoms with Crippen LogP contribution in [0.3, 0.4) is 0 Å². The van der Waals surface area contributed by atoms with Crippen LogP contribution in [0.2, 0.25) is 0 Å². The van der Waals surface area contributed by atoms with Crippen molar-refractivity contribution >= 4 is 0 Å². The van der Waals surface area contributed by atoms with Gasteiger partial charge in [0.2, 0.25) is 0 Å². The first-order valence-corrected chi connectivity index (χ1v) is 5.65. The second-order valence-electron chi connectivity index (χ2n) is 4.27. The van der Waals surface area contributed by atoms with Crippen LogP contribution in [-0.2, 0) is 6.54 Å². The predicted octanol–water partition coefficient (Wildman–Crippen LogP) is 2.73. The number of halogens is 1. The number of hydrogen-bond acceptors (Lipinski definition) is 2. The van der Waals surface area contributed by atoms with E-state index in [9.17, 15) is 4.39 Å². The summed E-state index contributed by atoms with van der Waals surface area (Å²) in [6, 6.07) is 6.64. The molecule has 2 N–H and O–H groups in total. The van der Waals surface area contributed by atoms with Crippen molar-refractivity contribution in [2.24, 2.45) is 5.73 Å². The molecule has 0 aliphatic carbocycles. The van der Waals surface area contributed by atoms with E-state index in [1.54, 1.807) is 12.1 Å². The first kappa shape index (κ1) is 11.8. The zero-order valence-electron chi connectivity index (χ0n) is 10.0. The lowest BCUT2D eigenvalue weighted by molar-refractivity contribution is 0.605. The highest BCUT2D eigenvalue weighted by molar-refractivity contribution is 5.56. The van der Waals surface area contributed by atoms with Crippen molar-refractivity contribution in [2.75, 3.05) is 0 Å². The number of nitrogens with zero attached hydrogens (tertiary/aromatic N) is 2. The second kappa shape index (κ2) is 4.67. The van der Waals surface area contributed by atoms with E-state index in [-0.39, 0.29) is 5.82 Å². The van der Waals surface area contributed by atoms with E-state index in [0.717, 1.165) is 17.1 Å². The molecule has 2 aromatic rings. The zero-order valence-corrected chi connectivity index (χ0v) is 10.0. The van der Waals surface area contributed by atoms with Crippen LogP contribution in [0.25, 0.3) is 11.4 Å². The molecule has 3 nitrogen and oxygen atoms in total. The third-order valence-corrected chi connectivity index (χ3v) is 2.65. The van der Waals surface area contributed by atoms with E-state index < -0.39 is 0 Å². The minimum atomic E-state index is -0.240. The molecule has 0 bridgehead atoms. The van der Waals surface area contributed by atoms with Gasteiger partial charge in [-0.1, -0.05) is 0 Å². The molecule has 0 saturated heterocycles. The Morgan fingerprint density at radius 1 is 1.29 bits per heavy atom. The van der Waals surface area contributed by atoms with Gasteiger partial charge in [-0.15, -0.1) is 0 Å². The molecule has 2 rings (SSSR count). The van der Waals surface area contributed by atoms with E-state index in [2.05, 4.69) is 23.4 Å². The summed E-state index contributed by atoms with van der Waals surface area (Å²) in [4.78, 5) is 4.47. The smallest absolute Gasteiger partial charge is 0.140 e. The molecule has 0 spiro atoms. The van der Waals surface area contributed by atoms with Crippen molar-refractivity contribution in [1.29, 1.82) is 0 Å². The average molecular weight is 233 g/mol. The average Bonchev–Trinajstić information content (AvgIpc) is 2.74. The van der Waals surface area contributed by atoms with Gasteiger partial charge in [-0.2, -0.15) is 0 Å². The summed E-state index contributed by atoms with van der Waals surface area (Å²) in [5.74, 6) is 0.593. The highest BCUT2D eigenvalue weighted by atomic mass is 19.1. The van der Waals surface area contributed by atoms with Crippen LogP contribution in [0.1, 0.15) is 25.6 Å². The van der Waals surface area contributed by atoms with Crippen molar-refractivity contribution < 1.29 is 4.39 Å². The van der Waals surface area contributed by atoms with Gasteiger partial charge in [0.25, 0.3) is 0 Å². The SMILES string of the molecule is CC(C)n1cc(CN)nc1-c1ccc(F)cc1. The van der Waals surface area contributed by atoms with Gasteiger partial charge in [-0.3, -0.25) is 0 Å². The molecule has 0 fully saturated rings. The van der Waals surface area contributed by atoms with Crippen LogP contribution >= 0.6 is 0 Å². The minimum absolute atomic E-state index is 0.240. The van der Waals surface area contributed by atoms with Gasteiger partial charge in [0.05, 0.1) is 5.69 Å². The van der Waals surface area contributed by atoms with E-state index in [1.807, 2.05) is 6.20 Å². The molecule has 1 heterocycles. The highest BCUT2D eigenvalue weighted by Gasteiger charge is 2.11. The topological polar surface area (TPSA) is 43.8 Å². The Balaban J connectivity index is 2.49. The molecule has 0 atom stereocenters. The fourth-order valence-corrected chi connectivity index (χ4v) is 1.75. The second-order valence-corrected chi connectivity index (χ2v) is 4.27. The Morgan fingerprint density at radius 3 is 2.47 bits per heavy atom. The summed E-state index contributed by atoms with van der Waals surface area (Å²) >= 11 is 0. The number of hydrogen-bond donors (Lipinski definition) is 1. The van der Waals surface area contributed by atoms with Gasteiger partial charge in [0, 0.05) is 24.3 Å². The van der Waals surface area contributed by atoms with Gasteiger partial charge in [0.1, 0.15) is 11.6 Å². The fourth-order valence-electron chi connectivity index (χ4n) is 1.75. The number of nitrogens with two attached hydrogens (primary N) is 1. The normalized spacial score (nSPS) is 11.1. The van der Waals surface area contributed by atoms with Crippen LogP contribution in [0.15, 0.2) is 30.5 Å². The number of benzene rings is 1. The van der Waals surface area contributed by atoms with Crippen molar-refractivity contribution in [3.05, 3.63) is 42.0 Å². The monoisotopic (exact) mass is 233 g/mol. The van der Waals surface area contributed by atoms with Gasteiger partial charge < -0.3 is 10.3 Å². The molecule has 90 valence electrons. The molecule has 0 saturated carbocycles. The summed E-state index contributed by atoms with van der Waals surface area (Å²) in [6.45, 7) is 4.57. The maximum Gasteiger partial charge on any atom is 0.140 e. The number of aromatic nitrogens is 2. The van der Waals surface area contributed by atoms with Gasteiger partial charge in [0.15, 0.2) is 0 Å². The molecule has 1 aromatic heterocycles. The summed E-state index contributed by atoms with van der Waals surface area (Å²) in [7, 11) is 0. The molecular formula is C13H16FN3. The molecule has 0 unspecified atom stereocenters. The number of rotatable bonds is 3. The number of imidazole rings is 1. The highest BCUT2D eigenvalue weighted by Crippen LogP contribution is 2.22. The third-order valence-electron chi connectivity index (χ3n) is 2.65. The summed E-state index contributed by atoms with van der Waals surface area (Å²) in [6.07, 6.45) is 1.95. The lowest BCUT2D eigenvalue weighted by atomic mass is 10.2. The van der Waals surface area contributed by atoms with Crippen LogP contribution < -0.4 is 5.73 Å². The largest absolute Gasteiger partial charge is 0.328 e. The van der Waals surface area contributed by atoms with E-state index in [0.29, 0.717) is 12.6 Å². The Hall–Kier alpha value is -1.68. The Bertz CT molecular complexity index is 500. The van der Waals surface area contributed by atoms with E-state index in [4.69, 9.17) is 5.73 Å². The lowest BCUT2D eigenvalue weighted by Gasteiger charge is -2.11. The Kier molecular flexibility index (Phi) is 3.24. The molecular weight excluding hydrogens is 217 g/mol. The van der Waals surface area contributed by atoms with Crippen molar-refractivity contribution in [3.8, 4) is 11.4 Å². The quantitative estimate of drug-likeness (QED) is 0.885.